The molecule has 0 aliphatic carbocycles. The third-order valence-electron chi connectivity index (χ3n) is 22.5. The second-order valence-electron chi connectivity index (χ2n) is 33.2. The molecule has 2 aliphatic rings. The molecule has 0 radical (unpaired) electrons. The zero-order valence-electron chi connectivity index (χ0n) is 68.6. The highest BCUT2D eigenvalue weighted by Crippen LogP contribution is 2.55. The maximum atomic E-state index is 10.2. The van der Waals surface area contributed by atoms with E-state index in [1.807, 2.05) is 28.7 Å². The second-order valence-corrected chi connectivity index (χ2v) is 33.2. The number of aromatic nitrogens is 2. The van der Waals surface area contributed by atoms with E-state index in [-0.39, 0.29) is 62.7 Å². The minimum Gasteiger partial charge on any atom is -0.311 e. The van der Waals surface area contributed by atoms with Crippen molar-refractivity contribution < 1.29 is 9.60 Å². The van der Waals surface area contributed by atoms with E-state index in [1.165, 1.54) is 27.5 Å². The number of fused-ring (bicyclic) bond motifs is 17. The minimum absolute atomic E-state index is 0.119. The number of anilines is 6. The van der Waals surface area contributed by atoms with E-state index in [0.29, 0.717) is 21.8 Å². The van der Waals surface area contributed by atoms with Crippen LogP contribution in [0.1, 0.15) is 115 Å². The predicted octanol–water partition coefficient (Wildman–Crippen LogP) is 25.6. The molecule has 5 heterocycles. The Labute approximate surface area is 626 Å². The summed E-state index contributed by atoms with van der Waals surface area (Å²) in [5, 5.41) is 7.00. The Hall–Kier alpha value is -11.7. The van der Waals surface area contributed by atoms with Gasteiger partial charge in [-0.1, -0.05) is 301 Å². The van der Waals surface area contributed by atoms with Gasteiger partial charge in [-0.15, -0.1) is 0 Å². The highest BCUT2D eigenvalue weighted by Gasteiger charge is 2.46. The topological polar surface area (TPSA) is 15.8 Å². The van der Waals surface area contributed by atoms with Crippen molar-refractivity contribution in [2.45, 2.75) is 105 Å². The molecule has 0 unspecified atom stereocenters. The number of nitrogens with zero attached hydrogens (tertiary/aromatic N) is 4. The van der Waals surface area contributed by atoms with Crippen molar-refractivity contribution in [2.24, 2.45) is 0 Å². The molecule has 0 amide bonds. The van der Waals surface area contributed by atoms with Crippen LogP contribution in [0.3, 0.4) is 0 Å². The van der Waals surface area contributed by atoms with Crippen molar-refractivity contribution in [3.63, 3.8) is 0 Å². The van der Waals surface area contributed by atoms with Gasteiger partial charge in [0.05, 0.1) is 48.6 Å². The zero-order valence-corrected chi connectivity index (χ0v) is 61.6. The molecule has 0 atom stereocenters. The van der Waals surface area contributed by atoms with Crippen molar-refractivity contribution in [1.82, 2.24) is 8.97 Å². The molecule has 0 bridgehead atoms. The van der Waals surface area contributed by atoms with Gasteiger partial charge >= 0.3 is 0 Å². The number of benzene rings is 14. The highest BCUT2D eigenvalue weighted by atomic mass is 15.2. The highest BCUT2D eigenvalue weighted by molar-refractivity contribution is 7.00. The molecule has 5 heteroatoms. The first-order valence-corrected chi connectivity index (χ1v) is 36.9. The van der Waals surface area contributed by atoms with Gasteiger partial charge in [-0.05, 0) is 177 Å². The maximum absolute atomic E-state index is 10.2. The molecule has 17 aromatic rings. The molecular formula is C100H85BN4. The Balaban J connectivity index is 1.06. The van der Waals surface area contributed by atoms with Crippen LogP contribution in [0.25, 0.3) is 121 Å². The summed E-state index contributed by atoms with van der Waals surface area (Å²) in [7, 11) is 0. The first kappa shape index (κ1) is 56.8. The maximum Gasteiger partial charge on any atom is 0.252 e. The van der Waals surface area contributed by atoms with Crippen molar-refractivity contribution in [2.75, 3.05) is 9.80 Å². The molecule has 0 spiro atoms. The van der Waals surface area contributed by atoms with E-state index in [4.69, 9.17) is 0 Å². The third kappa shape index (κ3) is 10.1. The summed E-state index contributed by atoms with van der Waals surface area (Å²) < 4.78 is 73.5. The monoisotopic (exact) mass is 1360 g/mol. The van der Waals surface area contributed by atoms with Crippen molar-refractivity contribution in [1.29, 1.82) is 0 Å². The second kappa shape index (κ2) is 23.4. The summed E-state index contributed by atoms with van der Waals surface area (Å²) >= 11 is 0. The summed E-state index contributed by atoms with van der Waals surface area (Å²) in [5.41, 5.74) is 23.5. The van der Waals surface area contributed by atoms with Gasteiger partial charge in [0.2, 0.25) is 0 Å². The van der Waals surface area contributed by atoms with Crippen LogP contribution in [0.4, 0.5) is 34.1 Å². The summed E-state index contributed by atoms with van der Waals surface area (Å²) in [6.45, 7) is 27.2. The van der Waals surface area contributed by atoms with Crippen LogP contribution in [0.5, 0.6) is 0 Å². The van der Waals surface area contributed by atoms with Crippen LogP contribution >= 0.6 is 0 Å². The molecule has 14 aromatic carbocycles. The molecular weight excluding hydrogens is 1270 g/mol. The average molecular weight is 1360 g/mol. The lowest BCUT2D eigenvalue weighted by Gasteiger charge is -2.46. The van der Waals surface area contributed by atoms with Crippen molar-refractivity contribution in [3.8, 4) is 39.1 Å². The van der Waals surface area contributed by atoms with Crippen molar-refractivity contribution in [3.05, 3.63) is 319 Å². The van der Waals surface area contributed by atoms with E-state index in [9.17, 15) is 9.60 Å². The van der Waals surface area contributed by atoms with Crippen LogP contribution < -0.4 is 26.2 Å². The number of para-hydroxylation sites is 3. The van der Waals surface area contributed by atoms with Crippen LogP contribution in [-0.4, -0.2) is 15.7 Å². The van der Waals surface area contributed by atoms with Gasteiger partial charge in [-0.25, -0.2) is 0 Å². The quantitative estimate of drug-likeness (QED) is 0.154. The lowest BCUT2D eigenvalue weighted by atomic mass is 9.33. The minimum atomic E-state index is -0.501. The first-order chi connectivity index (χ1) is 53.6. The fourth-order valence-electron chi connectivity index (χ4n) is 17.1. The lowest BCUT2D eigenvalue weighted by molar-refractivity contribution is 0.590. The van der Waals surface area contributed by atoms with Crippen LogP contribution in [0.15, 0.2) is 297 Å². The van der Waals surface area contributed by atoms with Gasteiger partial charge in [-0.2, -0.15) is 0 Å². The number of hydrogen-bond donors (Lipinski definition) is 0. The summed E-state index contributed by atoms with van der Waals surface area (Å²) in [5.74, 6) is 0. The largest absolute Gasteiger partial charge is 0.311 e. The molecule has 0 fully saturated rings. The smallest absolute Gasteiger partial charge is 0.252 e. The van der Waals surface area contributed by atoms with Gasteiger partial charge in [-0.3, -0.25) is 0 Å². The van der Waals surface area contributed by atoms with E-state index in [2.05, 4.69) is 328 Å². The molecule has 3 aromatic heterocycles. The van der Waals surface area contributed by atoms with Gasteiger partial charge in [0.1, 0.15) is 0 Å². The predicted molar refractivity (Wildman–Crippen MR) is 453 cm³/mol. The lowest BCUT2D eigenvalue weighted by Crippen LogP contribution is -2.61. The van der Waals surface area contributed by atoms with Crippen LogP contribution in [-0.2, 0) is 21.7 Å². The van der Waals surface area contributed by atoms with Crippen molar-refractivity contribution >= 4 is 139 Å². The standard InChI is InChI=1S/C100H85BN4/c1-97(2,3)65-47-51-87-80(53-65)81-54-66(98(4,5)6)48-52-88(81)102(87)69-49-50-83-90(59-69)105(96-78(63-33-18-14-19-34-63)55-67(99(7,8)9)56-79(96)64-35-20-15-21-36-64)93-58-68(100(10,11)12)57-92-94(93)101(83)84-60-82-74-41-25-23-39-72(74)71-38-22-24-40-73(71)76-43-30-44-77-75-42-27-29-46-86(75)104(95(76)77)89(82)61-91(84)103(92)85-45-28-26-37-70(85)62-31-16-13-17-32-62/h13-61H,1-12H3/i27D,29D,30D,42D,43D,44D,46D. The van der Waals surface area contributed by atoms with E-state index in [0.717, 1.165) is 128 Å². The normalized spacial score (nSPS) is 14.2. The Morgan fingerprint density at radius 3 is 1.30 bits per heavy atom. The molecule has 4 nitrogen and oxygen atoms in total. The molecule has 0 N–H and O–H groups in total. The summed E-state index contributed by atoms with van der Waals surface area (Å²) in [6, 6.07) is 91.1. The van der Waals surface area contributed by atoms with Gasteiger partial charge < -0.3 is 18.8 Å². The number of hydrogen-bond acceptors (Lipinski definition) is 2. The number of rotatable bonds is 6. The Morgan fingerprint density at radius 1 is 0.286 bits per heavy atom. The summed E-state index contributed by atoms with van der Waals surface area (Å²) in [6.07, 6.45) is 0. The fourth-order valence-corrected chi connectivity index (χ4v) is 17.1. The first-order valence-electron chi connectivity index (χ1n) is 40.4. The van der Waals surface area contributed by atoms with E-state index in [1.54, 1.807) is 0 Å². The summed E-state index contributed by atoms with van der Waals surface area (Å²) in [4.78, 5) is 5.12. The molecule has 0 saturated heterocycles. The zero-order chi connectivity index (χ0) is 77.8. The van der Waals surface area contributed by atoms with Crippen LogP contribution in [0.2, 0.25) is 0 Å². The molecule has 508 valence electrons. The molecule has 105 heavy (non-hydrogen) atoms. The molecule has 19 rings (SSSR count). The van der Waals surface area contributed by atoms with Gasteiger partial charge in [0, 0.05) is 77.4 Å². The Bertz CT molecular complexity index is 6820. The average Bonchev–Trinajstić information content (AvgIpc) is 1.28. The Morgan fingerprint density at radius 2 is 0.733 bits per heavy atom. The van der Waals surface area contributed by atoms with E-state index >= 15 is 0 Å². The molecule has 2 aliphatic heterocycles. The van der Waals surface area contributed by atoms with Crippen LogP contribution in [0, 0.1) is 0 Å². The SMILES string of the molecule is [2H]c1c([2H])c([2H])c2c(c1[2H])c1c([2H])c([2H])c([2H])c3c4ccccc4c4ccccc4c4cc5c(cc4n2c31)N(c1ccccc1-c1ccccc1)c1cc(C(C)(C)C)cc2c1B5c1ccc(-n3c4ccc(C(C)(C)C)cc4c4cc(C(C)(C)C)ccc43)cc1N2c1c(-c2ccccc2)cc(C(C)(C)C)cc1-c1ccccc1. The van der Waals surface area contributed by atoms with Gasteiger partial charge in [0.25, 0.3) is 6.71 Å². The third-order valence-corrected chi connectivity index (χ3v) is 22.5. The van der Waals surface area contributed by atoms with Gasteiger partial charge in [0.15, 0.2) is 0 Å². The van der Waals surface area contributed by atoms with E-state index < -0.39 is 24.2 Å². The molecule has 0 saturated carbocycles. The fraction of sp³-hybridized carbons (Fsp3) is 0.160. The Kier molecular flexibility index (Phi) is 12.7.